The number of para-hydroxylation sites is 1. The van der Waals surface area contributed by atoms with Crippen LogP contribution < -0.4 is 11.1 Å². The average Bonchev–Trinajstić information content (AvgIpc) is 3.28. The van der Waals surface area contributed by atoms with E-state index in [0.29, 0.717) is 39.7 Å². The molecule has 0 amide bonds. The molecule has 7 nitrogen and oxygen atoms in total. The summed E-state index contributed by atoms with van der Waals surface area (Å²) >= 11 is 4.78. The van der Waals surface area contributed by atoms with Gasteiger partial charge in [-0.05, 0) is 53.0 Å². The summed E-state index contributed by atoms with van der Waals surface area (Å²) in [7, 11) is 0. The van der Waals surface area contributed by atoms with Crippen LogP contribution in [0.5, 0.6) is 0 Å². The zero-order chi connectivity index (χ0) is 21.4. The maximum atomic E-state index is 13.2. The van der Waals surface area contributed by atoms with E-state index in [0.717, 1.165) is 23.9 Å². The van der Waals surface area contributed by atoms with Gasteiger partial charge in [-0.1, -0.05) is 23.9 Å². The van der Waals surface area contributed by atoms with E-state index in [4.69, 9.17) is 9.72 Å². The van der Waals surface area contributed by atoms with E-state index in [2.05, 4.69) is 20.9 Å². The summed E-state index contributed by atoms with van der Waals surface area (Å²) < 4.78 is 9.77. The van der Waals surface area contributed by atoms with Crippen LogP contribution in [0.25, 0.3) is 16.6 Å². The molecule has 0 saturated carbocycles. The van der Waals surface area contributed by atoms with Crippen LogP contribution in [0.4, 0.5) is 0 Å². The molecule has 9 heteroatoms. The van der Waals surface area contributed by atoms with Crippen molar-refractivity contribution in [3.8, 4) is 0 Å². The molecule has 0 N–H and O–H groups in total. The number of ether oxygens (including phenoxy) is 1. The Hall–Kier alpha value is -2.49. The van der Waals surface area contributed by atoms with Crippen LogP contribution >= 0.6 is 27.7 Å². The molecule has 0 aliphatic carbocycles. The lowest BCUT2D eigenvalue weighted by Gasteiger charge is -2.16. The van der Waals surface area contributed by atoms with Crippen LogP contribution in [0.3, 0.4) is 0 Å². The van der Waals surface area contributed by atoms with Gasteiger partial charge >= 0.3 is 0 Å². The van der Waals surface area contributed by atoms with E-state index in [1.54, 1.807) is 22.9 Å². The van der Waals surface area contributed by atoms with Gasteiger partial charge in [-0.2, -0.15) is 0 Å². The van der Waals surface area contributed by atoms with Crippen LogP contribution in [-0.2, 0) is 17.0 Å². The zero-order valence-corrected chi connectivity index (χ0v) is 18.9. The van der Waals surface area contributed by atoms with E-state index in [9.17, 15) is 9.59 Å². The third-order valence-corrected chi connectivity index (χ3v) is 6.74. The summed E-state index contributed by atoms with van der Waals surface area (Å²) in [6, 6.07) is 12.5. The second-order valence-corrected chi connectivity index (χ2v) is 9.27. The van der Waals surface area contributed by atoms with Crippen LogP contribution in [0.1, 0.15) is 18.5 Å². The second-order valence-electron chi connectivity index (χ2n) is 7.41. The lowest BCUT2D eigenvalue weighted by atomic mass is 10.2. The number of hydrogen-bond acceptors (Lipinski definition) is 6. The minimum atomic E-state index is -0.148. The molecule has 1 aliphatic heterocycles. The number of thioether (sulfide) groups is 1. The molecular weight excluding hydrogens is 480 g/mol. The maximum Gasteiger partial charge on any atom is 0.262 e. The van der Waals surface area contributed by atoms with Crippen molar-refractivity contribution in [3.05, 3.63) is 79.5 Å². The third-order valence-electron chi connectivity index (χ3n) is 5.26. The van der Waals surface area contributed by atoms with Gasteiger partial charge in [0.15, 0.2) is 5.16 Å². The molecule has 1 atom stereocenters. The summed E-state index contributed by atoms with van der Waals surface area (Å²) in [6.45, 7) is 1.20. The monoisotopic (exact) mass is 498 g/mol. The molecule has 5 rings (SSSR count). The number of hydrogen-bond donors (Lipinski definition) is 0. The number of fused-ring (bicyclic) bond motifs is 2. The molecular formula is C22H19BrN4O3S. The first kappa shape index (κ1) is 20.4. The summed E-state index contributed by atoms with van der Waals surface area (Å²) in [5, 5.41) is 1.20. The minimum Gasteiger partial charge on any atom is -0.376 e. The highest BCUT2D eigenvalue weighted by Crippen LogP contribution is 2.23. The van der Waals surface area contributed by atoms with Crippen molar-refractivity contribution in [2.45, 2.75) is 36.4 Å². The summed E-state index contributed by atoms with van der Waals surface area (Å²) in [4.78, 5) is 35.0. The summed E-state index contributed by atoms with van der Waals surface area (Å²) in [5.74, 6) is 0.429. The van der Waals surface area contributed by atoms with Crippen molar-refractivity contribution in [1.82, 2.24) is 18.9 Å². The number of halogens is 1. The average molecular weight is 499 g/mol. The normalized spacial score (nSPS) is 16.4. The quantitative estimate of drug-likeness (QED) is 0.308. The first-order chi connectivity index (χ1) is 15.1. The molecule has 1 aromatic carbocycles. The van der Waals surface area contributed by atoms with Gasteiger partial charge in [0.1, 0.15) is 5.65 Å². The number of aromatic nitrogens is 4. The van der Waals surface area contributed by atoms with Gasteiger partial charge < -0.3 is 4.74 Å². The molecule has 0 radical (unpaired) electrons. The number of pyridine rings is 1. The highest BCUT2D eigenvalue weighted by Gasteiger charge is 2.20. The van der Waals surface area contributed by atoms with Crippen LogP contribution in [0.2, 0.25) is 0 Å². The fourth-order valence-electron chi connectivity index (χ4n) is 3.75. The molecule has 1 aliphatic rings. The molecule has 0 bridgehead atoms. The Kier molecular flexibility index (Phi) is 5.64. The molecule has 158 valence electrons. The fourth-order valence-corrected chi connectivity index (χ4v) is 4.99. The molecule has 4 aromatic rings. The fraction of sp³-hybridized carbons (Fsp3) is 0.273. The van der Waals surface area contributed by atoms with Crippen molar-refractivity contribution >= 4 is 44.2 Å². The van der Waals surface area contributed by atoms with Crippen molar-refractivity contribution < 1.29 is 4.74 Å². The van der Waals surface area contributed by atoms with E-state index in [1.165, 1.54) is 22.2 Å². The SMILES string of the molecule is O=c1c2ccccc2nc(SCc2cc(=O)n3cc(Br)ccc3n2)n1C[C@H]1CCCO1. The van der Waals surface area contributed by atoms with Crippen molar-refractivity contribution in [2.75, 3.05) is 6.61 Å². The van der Waals surface area contributed by atoms with E-state index in [1.807, 2.05) is 24.3 Å². The van der Waals surface area contributed by atoms with E-state index < -0.39 is 0 Å². The molecule has 1 fully saturated rings. The predicted octanol–water partition coefficient (Wildman–Crippen LogP) is 3.64. The van der Waals surface area contributed by atoms with Gasteiger partial charge in [-0.3, -0.25) is 18.6 Å². The van der Waals surface area contributed by atoms with Gasteiger partial charge in [0.2, 0.25) is 0 Å². The lowest BCUT2D eigenvalue weighted by molar-refractivity contribution is 0.0937. The standard InChI is InChI=1S/C22H19BrN4O3S/c23-14-7-8-19-24-15(10-20(28)26(19)11-14)13-31-22-25-18-6-2-1-5-17(18)21(29)27(22)12-16-4-3-9-30-16/h1-2,5-8,10-11,16H,3-4,9,12-13H2/t16-/m1/s1. The highest BCUT2D eigenvalue weighted by molar-refractivity contribution is 9.10. The molecule has 0 unspecified atom stereocenters. The number of benzene rings is 1. The predicted molar refractivity (Wildman–Crippen MR) is 124 cm³/mol. The molecule has 1 saturated heterocycles. The molecule has 0 spiro atoms. The smallest absolute Gasteiger partial charge is 0.262 e. The summed E-state index contributed by atoms with van der Waals surface area (Å²) in [6.07, 6.45) is 3.65. The highest BCUT2D eigenvalue weighted by atomic mass is 79.9. The third kappa shape index (κ3) is 4.17. The largest absolute Gasteiger partial charge is 0.376 e. The van der Waals surface area contributed by atoms with Gasteiger partial charge in [-0.25, -0.2) is 9.97 Å². The van der Waals surface area contributed by atoms with Crippen molar-refractivity contribution in [1.29, 1.82) is 0 Å². The molecule has 31 heavy (non-hydrogen) atoms. The van der Waals surface area contributed by atoms with E-state index in [-0.39, 0.29) is 17.2 Å². The zero-order valence-electron chi connectivity index (χ0n) is 16.5. The first-order valence-electron chi connectivity index (χ1n) is 10.0. The Morgan fingerprint density at radius 2 is 2.03 bits per heavy atom. The first-order valence-corrected chi connectivity index (χ1v) is 11.8. The van der Waals surface area contributed by atoms with Gasteiger partial charge in [0.25, 0.3) is 11.1 Å². The van der Waals surface area contributed by atoms with Crippen LogP contribution in [0, 0.1) is 0 Å². The molecule has 4 heterocycles. The molecule has 3 aromatic heterocycles. The van der Waals surface area contributed by atoms with Crippen LogP contribution in [-0.4, -0.2) is 31.6 Å². The Morgan fingerprint density at radius 3 is 2.87 bits per heavy atom. The van der Waals surface area contributed by atoms with Crippen molar-refractivity contribution in [2.24, 2.45) is 0 Å². The van der Waals surface area contributed by atoms with Gasteiger partial charge in [-0.15, -0.1) is 0 Å². The summed E-state index contributed by atoms with van der Waals surface area (Å²) in [5.41, 5.74) is 1.66. The number of nitrogens with zero attached hydrogens (tertiary/aromatic N) is 4. The Bertz CT molecular complexity index is 1400. The minimum absolute atomic E-state index is 0.0156. The van der Waals surface area contributed by atoms with Crippen LogP contribution in [0.15, 0.2) is 67.9 Å². The lowest BCUT2D eigenvalue weighted by Crippen LogP contribution is -2.28. The Labute approximate surface area is 190 Å². The van der Waals surface area contributed by atoms with Gasteiger partial charge in [0, 0.05) is 29.1 Å². The van der Waals surface area contributed by atoms with Crippen molar-refractivity contribution in [3.63, 3.8) is 0 Å². The Morgan fingerprint density at radius 1 is 1.16 bits per heavy atom. The topological polar surface area (TPSA) is 78.5 Å². The Balaban J connectivity index is 1.50. The second kappa shape index (κ2) is 8.57. The van der Waals surface area contributed by atoms with Gasteiger partial charge in [0.05, 0.1) is 29.2 Å². The maximum absolute atomic E-state index is 13.2. The number of rotatable bonds is 5. The van der Waals surface area contributed by atoms with E-state index >= 15 is 0 Å².